The van der Waals surface area contributed by atoms with E-state index in [9.17, 15) is 9.59 Å². The lowest BCUT2D eigenvalue weighted by Crippen LogP contribution is -2.51. The van der Waals surface area contributed by atoms with Crippen molar-refractivity contribution in [1.82, 2.24) is 15.1 Å². The van der Waals surface area contributed by atoms with E-state index >= 15 is 0 Å². The van der Waals surface area contributed by atoms with E-state index in [4.69, 9.17) is 14.2 Å². The zero-order chi connectivity index (χ0) is 26.8. The fourth-order valence-corrected chi connectivity index (χ4v) is 4.52. The lowest BCUT2D eigenvalue weighted by Gasteiger charge is -2.37. The molecule has 8 nitrogen and oxygen atoms in total. The van der Waals surface area contributed by atoms with Crippen LogP contribution < -0.4 is 14.8 Å². The summed E-state index contributed by atoms with van der Waals surface area (Å²) < 4.78 is 17.2. The zero-order valence-electron chi connectivity index (χ0n) is 23.2. The number of methoxy groups -OCH3 is 1. The van der Waals surface area contributed by atoms with Gasteiger partial charge in [-0.3, -0.25) is 9.59 Å². The van der Waals surface area contributed by atoms with Crippen molar-refractivity contribution in [3.05, 3.63) is 59.2 Å². The molecule has 1 N–H and O–H groups in total. The molecule has 0 aromatic heterocycles. The number of rotatable bonds is 12. The highest BCUT2D eigenvalue weighted by Gasteiger charge is 2.29. The highest BCUT2D eigenvalue weighted by Crippen LogP contribution is 2.27. The molecule has 0 spiro atoms. The normalized spacial score (nSPS) is 14.9. The molecular weight excluding hydrogens is 506 g/mol. The molecule has 0 saturated carbocycles. The summed E-state index contributed by atoms with van der Waals surface area (Å²) >= 11 is 0. The maximum atomic E-state index is 13.7. The number of nitrogens with zero attached hydrogens (tertiary/aromatic N) is 2. The van der Waals surface area contributed by atoms with Crippen LogP contribution >= 0.6 is 12.4 Å². The molecule has 210 valence electrons. The molecule has 0 radical (unpaired) electrons. The van der Waals surface area contributed by atoms with Crippen molar-refractivity contribution in [1.29, 1.82) is 0 Å². The highest BCUT2D eigenvalue weighted by molar-refractivity contribution is 5.95. The molecule has 1 atom stereocenters. The van der Waals surface area contributed by atoms with Gasteiger partial charge in [-0.25, -0.2) is 0 Å². The SMILES string of the molecule is COCCCOc1cc(OCc2cccc(C(=O)N(C)C)c2)cc(C(=O)N(C(C)C)[C@@H]2CCCNC2)c1.Cl. The van der Waals surface area contributed by atoms with Gasteiger partial charge in [0.25, 0.3) is 11.8 Å². The van der Waals surface area contributed by atoms with Gasteiger partial charge in [-0.1, -0.05) is 12.1 Å². The number of amides is 2. The summed E-state index contributed by atoms with van der Waals surface area (Å²) in [7, 11) is 5.12. The number of hydrogen-bond donors (Lipinski definition) is 1. The van der Waals surface area contributed by atoms with Gasteiger partial charge >= 0.3 is 0 Å². The van der Waals surface area contributed by atoms with E-state index in [0.29, 0.717) is 35.8 Å². The molecule has 2 aromatic carbocycles. The monoisotopic (exact) mass is 547 g/mol. The van der Waals surface area contributed by atoms with Crippen LogP contribution in [0.25, 0.3) is 0 Å². The largest absolute Gasteiger partial charge is 0.493 e. The molecule has 38 heavy (non-hydrogen) atoms. The molecule has 1 saturated heterocycles. The first-order valence-electron chi connectivity index (χ1n) is 13.0. The third kappa shape index (κ3) is 8.89. The predicted molar refractivity (Wildman–Crippen MR) is 152 cm³/mol. The number of piperidine rings is 1. The first-order valence-corrected chi connectivity index (χ1v) is 13.0. The number of hydrogen-bond acceptors (Lipinski definition) is 6. The maximum Gasteiger partial charge on any atom is 0.254 e. The smallest absolute Gasteiger partial charge is 0.254 e. The summed E-state index contributed by atoms with van der Waals surface area (Å²) in [4.78, 5) is 29.6. The fourth-order valence-electron chi connectivity index (χ4n) is 4.52. The van der Waals surface area contributed by atoms with Crippen molar-refractivity contribution in [3.63, 3.8) is 0 Å². The van der Waals surface area contributed by atoms with E-state index in [-0.39, 0.29) is 42.9 Å². The summed E-state index contributed by atoms with van der Waals surface area (Å²) in [5.41, 5.74) is 2.00. The summed E-state index contributed by atoms with van der Waals surface area (Å²) in [6.07, 6.45) is 2.77. The average Bonchev–Trinajstić information content (AvgIpc) is 2.90. The van der Waals surface area contributed by atoms with Crippen LogP contribution in [0.2, 0.25) is 0 Å². The Balaban J connectivity index is 0.00000507. The van der Waals surface area contributed by atoms with Crippen LogP contribution in [0.3, 0.4) is 0 Å². The van der Waals surface area contributed by atoms with E-state index in [0.717, 1.165) is 37.9 Å². The molecule has 0 unspecified atom stereocenters. The maximum absolute atomic E-state index is 13.7. The molecule has 1 aliphatic rings. The summed E-state index contributed by atoms with van der Waals surface area (Å²) in [6, 6.07) is 13.0. The number of nitrogens with one attached hydrogen (secondary N) is 1. The van der Waals surface area contributed by atoms with Crippen molar-refractivity contribution in [2.24, 2.45) is 0 Å². The number of benzene rings is 2. The van der Waals surface area contributed by atoms with E-state index < -0.39 is 0 Å². The van der Waals surface area contributed by atoms with E-state index in [1.165, 1.54) is 0 Å². The highest BCUT2D eigenvalue weighted by atomic mass is 35.5. The van der Waals surface area contributed by atoms with Gasteiger partial charge in [0.15, 0.2) is 0 Å². The third-order valence-electron chi connectivity index (χ3n) is 6.33. The minimum Gasteiger partial charge on any atom is -0.493 e. The Hall–Kier alpha value is -2.81. The second-order valence-electron chi connectivity index (χ2n) is 9.88. The first kappa shape index (κ1) is 31.4. The van der Waals surface area contributed by atoms with Gasteiger partial charge < -0.3 is 29.3 Å². The standard InChI is InChI=1S/C29H41N3O5.ClH/c1-21(2)32(25-11-7-12-30-19-25)29(34)24-16-26(36-14-8-13-35-5)18-27(17-24)37-20-22-9-6-10-23(15-22)28(33)31(3)4;/h6,9-10,15-18,21,25,30H,7-8,11-14,19-20H2,1-5H3;1H/t25-;/m1./s1. The van der Waals surface area contributed by atoms with E-state index in [2.05, 4.69) is 19.2 Å². The summed E-state index contributed by atoms with van der Waals surface area (Å²) in [5, 5.41) is 3.41. The summed E-state index contributed by atoms with van der Waals surface area (Å²) in [5.74, 6) is 1.03. The lowest BCUT2D eigenvalue weighted by molar-refractivity contribution is 0.0572. The Morgan fingerprint density at radius 2 is 1.74 bits per heavy atom. The zero-order valence-corrected chi connectivity index (χ0v) is 24.0. The Bertz CT molecular complexity index is 1040. The topological polar surface area (TPSA) is 80.3 Å². The Labute approximate surface area is 233 Å². The van der Waals surface area contributed by atoms with Crippen LogP contribution in [0.1, 0.15) is 59.4 Å². The quantitative estimate of drug-likeness (QED) is 0.397. The second kappa shape index (κ2) is 15.6. The van der Waals surface area contributed by atoms with Crippen molar-refractivity contribution in [2.45, 2.75) is 51.8 Å². The molecule has 2 aromatic rings. The van der Waals surface area contributed by atoms with Crippen LogP contribution in [0.15, 0.2) is 42.5 Å². The molecule has 2 amide bonds. The van der Waals surface area contributed by atoms with Crippen LogP contribution in [0.5, 0.6) is 11.5 Å². The minimum atomic E-state index is -0.0628. The van der Waals surface area contributed by atoms with Crippen molar-refractivity contribution in [3.8, 4) is 11.5 Å². The molecule has 1 aliphatic heterocycles. The number of carbonyl (C=O) groups excluding carboxylic acids is 2. The molecule has 1 heterocycles. The minimum absolute atomic E-state index is 0. The number of ether oxygens (including phenoxy) is 3. The van der Waals surface area contributed by atoms with Gasteiger partial charge in [0, 0.05) is 70.1 Å². The van der Waals surface area contributed by atoms with Crippen LogP contribution in [-0.2, 0) is 11.3 Å². The number of halogens is 1. The van der Waals surface area contributed by atoms with E-state index in [1.807, 2.05) is 23.1 Å². The van der Waals surface area contributed by atoms with Crippen LogP contribution in [0.4, 0.5) is 0 Å². The molecule has 1 fully saturated rings. The molecular formula is C29H42ClN3O5. The molecule has 0 aliphatic carbocycles. The van der Waals surface area contributed by atoms with Gasteiger partial charge in [0.05, 0.1) is 6.61 Å². The second-order valence-corrected chi connectivity index (χ2v) is 9.88. The van der Waals surface area contributed by atoms with Crippen LogP contribution in [-0.4, -0.2) is 81.2 Å². The van der Waals surface area contributed by atoms with Crippen molar-refractivity contribution in [2.75, 3.05) is 47.5 Å². The molecule has 9 heteroatoms. The first-order chi connectivity index (χ1) is 17.8. The van der Waals surface area contributed by atoms with Gasteiger partial charge in [-0.2, -0.15) is 0 Å². The Kier molecular flexibility index (Phi) is 12.9. The Morgan fingerprint density at radius 3 is 2.37 bits per heavy atom. The van der Waals surface area contributed by atoms with Gasteiger partial charge in [0.1, 0.15) is 18.1 Å². The van der Waals surface area contributed by atoms with Gasteiger partial charge in [-0.05, 0) is 63.1 Å². The molecule has 3 rings (SSSR count). The number of carbonyl (C=O) groups is 2. The van der Waals surface area contributed by atoms with Crippen LogP contribution in [0, 0.1) is 0 Å². The molecule has 0 bridgehead atoms. The lowest BCUT2D eigenvalue weighted by atomic mass is 10.0. The predicted octanol–water partition coefficient (Wildman–Crippen LogP) is 4.41. The summed E-state index contributed by atoms with van der Waals surface area (Å²) in [6.45, 7) is 7.22. The van der Waals surface area contributed by atoms with Crippen molar-refractivity contribution >= 4 is 24.2 Å². The average molecular weight is 548 g/mol. The van der Waals surface area contributed by atoms with Gasteiger partial charge in [-0.15, -0.1) is 12.4 Å². The Morgan fingerprint density at radius 1 is 1.00 bits per heavy atom. The van der Waals surface area contributed by atoms with E-state index in [1.54, 1.807) is 50.4 Å². The fraction of sp³-hybridized carbons (Fsp3) is 0.517. The van der Waals surface area contributed by atoms with Crippen molar-refractivity contribution < 1.29 is 23.8 Å². The third-order valence-corrected chi connectivity index (χ3v) is 6.33. The van der Waals surface area contributed by atoms with Gasteiger partial charge in [0.2, 0.25) is 0 Å².